The Labute approximate surface area is 130 Å². The Bertz CT molecular complexity index is 547. The van der Waals surface area contributed by atoms with Crippen LogP contribution >= 0.6 is 11.3 Å². The predicted molar refractivity (Wildman–Crippen MR) is 90.9 cm³/mol. The summed E-state index contributed by atoms with van der Waals surface area (Å²) in [5.41, 5.74) is 2.38. The van der Waals surface area contributed by atoms with Crippen molar-refractivity contribution in [1.29, 1.82) is 0 Å². The van der Waals surface area contributed by atoms with Gasteiger partial charge in [-0.05, 0) is 44.9 Å². The van der Waals surface area contributed by atoms with E-state index in [9.17, 15) is 0 Å². The smallest absolute Gasteiger partial charge is 0.123 e. The monoisotopic (exact) mass is 301 g/mol. The van der Waals surface area contributed by atoms with Crippen molar-refractivity contribution in [3.05, 3.63) is 35.8 Å². The van der Waals surface area contributed by atoms with Crippen molar-refractivity contribution in [2.75, 3.05) is 11.9 Å². The van der Waals surface area contributed by atoms with Crippen LogP contribution in [0.1, 0.15) is 32.6 Å². The Morgan fingerprint density at radius 2 is 2.38 bits per heavy atom. The number of piperidine rings is 1. The number of anilines is 1. The van der Waals surface area contributed by atoms with Gasteiger partial charge in [0.2, 0.25) is 0 Å². The number of hydrogen-bond donors (Lipinski definition) is 2. The molecule has 2 N–H and O–H groups in total. The lowest BCUT2D eigenvalue weighted by Crippen LogP contribution is -2.37. The molecule has 0 aliphatic carbocycles. The second-order valence-electron chi connectivity index (χ2n) is 5.85. The lowest BCUT2D eigenvalue weighted by atomic mass is 9.98. The highest BCUT2D eigenvalue weighted by molar-refractivity contribution is 7.13. The minimum atomic E-state index is 0.479. The van der Waals surface area contributed by atoms with E-state index in [4.69, 9.17) is 0 Å². The van der Waals surface area contributed by atoms with Crippen molar-refractivity contribution in [3.63, 3.8) is 0 Å². The minimum Gasteiger partial charge on any atom is -0.383 e. The average Bonchev–Trinajstić information content (AvgIpc) is 3.02. The minimum absolute atomic E-state index is 0.479. The first-order valence-electron chi connectivity index (χ1n) is 7.81. The number of aromatic nitrogens is 1. The first-order valence-corrected chi connectivity index (χ1v) is 8.69. The molecule has 3 rings (SSSR count). The van der Waals surface area contributed by atoms with Crippen LogP contribution in [0.2, 0.25) is 0 Å². The molecule has 0 bridgehead atoms. The highest BCUT2D eigenvalue weighted by Crippen LogP contribution is 2.25. The van der Waals surface area contributed by atoms with Crippen molar-refractivity contribution in [2.24, 2.45) is 0 Å². The van der Waals surface area contributed by atoms with Gasteiger partial charge in [-0.2, -0.15) is 0 Å². The molecule has 112 valence electrons. The molecule has 2 atom stereocenters. The van der Waals surface area contributed by atoms with E-state index in [1.165, 1.54) is 43.5 Å². The molecule has 1 aromatic carbocycles. The van der Waals surface area contributed by atoms with E-state index in [0.29, 0.717) is 12.1 Å². The van der Waals surface area contributed by atoms with Crippen LogP contribution in [0.15, 0.2) is 35.8 Å². The Morgan fingerprint density at radius 3 is 3.14 bits per heavy atom. The molecule has 1 aliphatic rings. The molecule has 1 aliphatic heterocycles. The molecule has 21 heavy (non-hydrogen) atoms. The molecule has 3 nitrogen and oxygen atoms in total. The van der Waals surface area contributed by atoms with Crippen molar-refractivity contribution < 1.29 is 0 Å². The van der Waals surface area contributed by atoms with Gasteiger partial charge < -0.3 is 10.6 Å². The van der Waals surface area contributed by atoms with Gasteiger partial charge >= 0.3 is 0 Å². The molecule has 0 saturated carbocycles. The molecule has 2 unspecified atom stereocenters. The van der Waals surface area contributed by atoms with Crippen LogP contribution in [0.4, 0.5) is 5.69 Å². The van der Waals surface area contributed by atoms with Crippen LogP contribution in [0.25, 0.3) is 10.6 Å². The van der Waals surface area contributed by atoms with Crippen LogP contribution in [0.3, 0.4) is 0 Å². The summed E-state index contributed by atoms with van der Waals surface area (Å²) in [6, 6.07) is 9.71. The lowest BCUT2D eigenvalue weighted by molar-refractivity contribution is 0.371. The summed E-state index contributed by atoms with van der Waals surface area (Å²) < 4.78 is 0. The van der Waals surface area contributed by atoms with Crippen molar-refractivity contribution in [3.8, 4) is 10.6 Å². The SMILES string of the molecule is CC(CC1CCCCN1)Nc1cccc(-c2nccs2)c1. The third-order valence-corrected chi connectivity index (χ3v) is 4.83. The van der Waals surface area contributed by atoms with Crippen LogP contribution in [-0.2, 0) is 0 Å². The van der Waals surface area contributed by atoms with Gasteiger partial charge in [0.05, 0.1) is 0 Å². The van der Waals surface area contributed by atoms with Gasteiger partial charge in [0.1, 0.15) is 5.01 Å². The Morgan fingerprint density at radius 1 is 1.43 bits per heavy atom. The van der Waals surface area contributed by atoms with Gasteiger partial charge in [-0.15, -0.1) is 11.3 Å². The number of rotatable bonds is 5. The van der Waals surface area contributed by atoms with Crippen molar-refractivity contribution in [2.45, 2.75) is 44.7 Å². The van der Waals surface area contributed by atoms with Gasteiger partial charge in [0.15, 0.2) is 0 Å². The van der Waals surface area contributed by atoms with Crippen LogP contribution in [0, 0.1) is 0 Å². The fourth-order valence-electron chi connectivity index (χ4n) is 3.00. The van der Waals surface area contributed by atoms with E-state index in [0.717, 1.165) is 5.01 Å². The largest absolute Gasteiger partial charge is 0.383 e. The van der Waals surface area contributed by atoms with Gasteiger partial charge in [-0.1, -0.05) is 18.6 Å². The summed E-state index contributed by atoms with van der Waals surface area (Å²) in [7, 11) is 0. The molecule has 2 heterocycles. The number of nitrogens with one attached hydrogen (secondary N) is 2. The van der Waals surface area contributed by atoms with Gasteiger partial charge in [-0.3, -0.25) is 0 Å². The Kier molecular flexibility index (Phi) is 4.88. The molecule has 0 spiro atoms. The summed E-state index contributed by atoms with van der Waals surface area (Å²) in [6.45, 7) is 3.45. The molecular weight excluding hydrogens is 278 g/mol. The molecule has 1 saturated heterocycles. The maximum Gasteiger partial charge on any atom is 0.123 e. The zero-order valence-electron chi connectivity index (χ0n) is 12.5. The van der Waals surface area contributed by atoms with Crippen LogP contribution in [0.5, 0.6) is 0 Å². The normalized spacial score (nSPS) is 20.1. The predicted octanol–water partition coefficient (Wildman–Crippen LogP) is 4.14. The first-order chi connectivity index (χ1) is 10.3. The van der Waals surface area contributed by atoms with Gasteiger partial charge in [0.25, 0.3) is 0 Å². The van der Waals surface area contributed by atoms with Crippen molar-refractivity contribution >= 4 is 17.0 Å². The molecule has 0 amide bonds. The molecule has 4 heteroatoms. The Hall–Kier alpha value is -1.39. The summed E-state index contributed by atoms with van der Waals surface area (Å²) in [5, 5.41) is 10.4. The van der Waals surface area contributed by atoms with E-state index in [1.807, 2.05) is 11.6 Å². The quantitative estimate of drug-likeness (QED) is 0.871. The maximum absolute atomic E-state index is 4.38. The Balaban J connectivity index is 1.60. The standard InChI is InChI=1S/C17H23N3S/c1-13(11-15-6-2-3-8-18-15)20-16-7-4-5-14(12-16)17-19-9-10-21-17/h4-5,7,9-10,12-13,15,18,20H,2-3,6,8,11H2,1H3. The average molecular weight is 301 g/mol. The van der Waals surface area contributed by atoms with E-state index in [-0.39, 0.29) is 0 Å². The second kappa shape index (κ2) is 7.05. The summed E-state index contributed by atoms with van der Waals surface area (Å²) in [4.78, 5) is 4.38. The second-order valence-corrected chi connectivity index (χ2v) is 6.74. The van der Waals surface area contributed by atoms with Gasteiger partial charge in [-0.25, -0.2) is 4.98 Å². The molecule has 1 fully saturated rings. The third kappa shape index (κ3) is 4.05. The number of hydrogen-bond acceptors (Lipinski definition) is 4. The van der Waals surface area contributed by atoms with E-state index in [2.05, 4.69) is 46.8 Å². The fraction of sp³-hybridized carbons (Fsp3) is 0.471. The number of nitrogens with zero attached hydrogens (tertiary/aromatic N) is 1. The topological polar surface area (TPSA) is 37.0 Å². The summed E-state index contributed by atoms with van der Waals surface area (Å²) in [6.07, 6.45) is 7.04. The van der Waals surface area contributed by atoms with Crippen LogP contribution < -0.4 is 10.6 Å². The highest BCUT2D eigenvalue weighted by atomic mass is 32.1. The first kappa shape index (κ1) is 14.5. The fourth-order valence-corrected chi connectivity index (χ4v) is 3.64. The molecule has 1 aromatic heterocycles. The molecule has 0 radical (unpaired) electrons. The zero-order valence-corrected chi connectivity index (χ0v) is 13.3. The van der Waals surface area contributed by atoms with E-state index >= 15 is 0 Å². The summed E-state index contributed by atoms with van der Waals surface area (Å²) >= 11 is 1.68. The maximum atomic E-state index is 4.38. The lowest BCUT2D eigenvalue weighted by Gasteiger charge is -2.27. The molecule has 2 aromatic rings. The third-order valence-electron chi connectivity index (χ3n) is 4.01. The highest BCUT2D eigenvalue weighted by Gasteiger charge is 2.15. The zero-order chi connectivity index (χ0) is 14.5. The van der Waals surface area contributed by atoms with E-state index in [1.54, 1.807) is 11.3 Å². The van der Waals surface area contributed by atoms with Gasteiger partial charge in [0, 0.05) is 34.9 Å². The number of benzene rings is 1. The van der Waals surface area contributed by atoms with E-state index < -0.39 is 0 Å². The summed E-state index contributed by atoms with van der Waals surface area (Å²) in [5.74, 6) is 0. The van der Waals surface area contributed by atoms with Crippen LogP contribution in [-0.4, -0.2) is 23.6 Å². The van der Waals surface area contributed by atoms with Crippen molar-refractivity contribution in [1.82, 2.24) is 10.3 Å². The number of thiazole rings is 1. The molecular formula is C17H23N3S.